The first-order chi connectivity index (χ1) is 13.4. The quantitative estimate of drug-likeness (QED) is 0.679. The van der Waals surface area contributed by atoms with Crippen molar-refractivity contribution in [1.82, 2.24) is 10.6 Å². The molecule has 7 heteroatoms. The molecule has 0 aromatic heterocycles. The van der Waals surface area contributed by atoms with Crippen LogP contribution in [0.25, 0.3) is 0 Å². The number of aliphatic hydroxyl groups excluding tert-OH is 1. The van der Waals surface area contributed by atoms with Crippen molar-refractivity contribution in [3.63, 3.8) is 0 Å². The molecular formula is C21H24F2N2O3. The summed E-state index contributed by atoms with van der Waals surface area (Å²) in [6.45, 7) is 2.12. The summed E-state index contributed by atoms with van der Waals surface area (Å²) in [7, 11) is 0. The van der Waals surface area contributed by atoms with E-state index in [0.717, 1.165) is 23.8 Å². The monoisotopic (exact) mass is 390 g/mol. The van der Waals surface area contributed by atoms with Crippen molar-refractivity contribution in [3.05, 3.63) is 65.2 Å². The minimum Gasteiger partial charge on any atom is -0.493 e. The molecule has 0 saturated heterocycles. The molecule has 0 fully saturated rings. The van der Waals surface area contributed by atoms with E-state index in [2.05, 4.69) is 10.6 Å². The minimum absolute atomic E-state index is 0.0178. The second kappa shape index (κ2) is 9.12. The number of hydrogen-bond acceptors (Lipinski definition) is 4. The van der Waals surface area contributed by atoms with Crippen LogP contribution in [-0.4, -0.2) is 36.3 Å². The molecule has 2 aromatic rings. The molecule has 0 saturated carbocycles. The van der Waals surface area contributed by atoms with Crippen molar-refractivity contribution in [3.8, 4) is 5.75 Å². The molecule has 28 heavy (non-hydrogen) atoms. The summed E-state index contributed by atoms with van der Waals surface area (Å²) >= 11 is 0. The van der Waals surface area contributed by atoms with Crippen molar-refractivity contribution >= 4 is 5.91 Å². The number of carbonyl (C=O) groups is 1. The Bertz CT molecular complexity index is 811. The number of aliphatic hydroxyl groups is 1. The molecule has 5 nitrogen and oxygen atoms in total. The molecule has 3 rings (SSSR count). The van der Waals surface area contributed by atoms with Gasteiger partial charge in [-0.2, -0.15) is 0 Å². The Morgan fingerprint density at radius 1 is 1.25 bits per heavy atom. The molecule has 0 bridgehead atoms. The summed E-state index contributed by atoms with van der Waals surface area (Å²) in [5.74, 6) is -0.891. The number of ether oxygens (including phenoxy) is 1. The number of amides is 1. The Morgan fingerprint density at radius 3 is 2.68 bits per heavy atom. The summed E-state index contributed by atoms with van der Waals surface area (Å²) in [5.41, 5.74) is 1.39. The summed E-state index contributed by atoms with van der Waals surface area (Å²) in [4.78, 5) is 11.5. The van der Waals surface area contributed by atoms with Gasteiger partial charge in [-0.15, -0.1) is 0 Å². The fourth-order valence-corrected chi connectivity index (χ4v) is 3.49. The Hall–Kier alpha value is -2.51. The van der Waals surface area contributed by atoms with Gasteiger partial charge in [0.1, 0.15) is 17.4 Å². The zero-order chi connectivity index (χ0) is 20.1. The number of rotatable bonds is 7. The van der Waals surface area contributed by atoms with Crippen LogP contribution in [0, 0.1) is 11.6 Å². The third-order valence-corrected chi connectivity index (χ3v) is 4.76. The Kier molecular flexibility index (Phi) is 6.59. The SMILES string of the molecule is CC(=O)N[C@@H](Cc1cc(F)cc(F)c1)[C@H](O)CNC1CCOc2ccccc21. The number of benzene rings is 2. The molecule has 3 N–H and O–H groups in total. The lowest BCUT2D eigenvalue weighted by molar-refractivity contribution is -0.120. The van der Waals surface area contributed by atoms with E-state index in [1.54, 1.807) is 0 Å². The van der Waals surface area contributed by atoms with Crippen LogP contribution < -0.4 is 15.4 Å². The van der Waals surface area contributed by atoms with Crippen molar-refractivity contribution in [1.29, 1.82) is 0 Å². The molecular weight excluding hydrogens is 366 g/mol. The first-order valence-corrected chi connectivity index (χ1v) is 9.27. The Morgan fingerprint density at radius 2 is 1.96 bits per heavy atom. The van der Waals surface area contributed by atoms with Crippen molar-refractivity contribution < 1.29 is 23.4 Å². The standard InChI is InChI=1S/C21H24F2N2O3/c1-13(26)25-19(10-14-8-15(22)11-16(23)9-14)20(27)12-24-18-6-7-28-21-5-3-2-4-17(18)21/h2-5,8-9,11,18-20,24,27H,6-7,10,12H2,1H3,(H,25,26)/t18?,19-,20+/m0/s1. The van der Waals surface area contributed by atoms with Crippen LogP contribution in [0.5, 0.6) is 5.75 Å². The van der Waals surface area contributed by atoms with Crippen LogP contribution in [0.4, 0.5) is 8.78 Å². The molecule has 1 aliphatic rings. The molecule has 1 amide bonds. The van der Waals surface area contributed by atoms with Gasteiger partial charge in [-0.1, -0.05) is 18.2 Å². The number of fused-ring (bicyclic) bond motifs is 1. The lowest BCUT2D eigenvalue weighted by Crippen LogP contribution is -2.48. The highest BCUT2D eigenvalue weighted by Gasteiger charge is 2.25. The number of nitrogens with one attached hydrogen (secondary N) is 2. The first kappa shape index (κ1) is 20.2. The van der Waals surface area contributed by atoms with E-state index >= 15 is 0 Å². The highest BCUT2D eigenvalue weighted by Crippen LogP contribution is 2.31. The highest BCUT2D eigenvalue weighted by molar-refractivity contribution is 5.73. The maximum atomic E-state index is 13.5. The number of hydrogen-bond donors (Lipinski definition) is 3. The molecule has 3 atom stereocenters. The van der Waals surface area contributed by atoms with Gasteiger partial charge in [0.05, 0.1) is 18.8 Å². The van der Waals surface area contributed by atoms with Gasteiger partial charge in [0, 0.05) is 37.6 Å². The zero-order valence-corrected chi connectivity index (χ0v) is 15.6. The smallest absolute Gasteiger partial charge is 0.217 e. The molecule has 2 aromatic carbocycles. The predicted molar refractivity (Wildman–Crippen MR) is 101 cm³/mol. The molecule has 0 aliphatic carbocycles. The first-order valence-electron chi connectivity index (χ1n) is 9.27. The molecule has 1 unspecified atom stereocenters. The van der Waals surface area contributed by atoms with Crippen LogP contribution in [0.3, 0.4) is 0 Å². The van der Waals surface area contributed by atoms with E-state index in [1.165, 1.54) is 19.1 Å². The van der Waals surface area contributed by atoms with E-state index in [4.69, 9.17) is 4.74 Å². The van der Waals surface area contributed by atoms with Crippen molar-refractivity contribution in [2.75, 3.05) is 13.2 Å². The maximum Gasteiger partial charge on any atom is 0.217 e. The van der Waals surface area contributed by atoms with Crippen LogP contribution >= 0.6 is 0 Å². The van der Waals surface area contributed by atoms with E-state index < -0.39 is 23.8 Å². The van der Waals surface area contributed by atoms with E-state index in [-0.39, 0.29) is 24.9 Å². The average Bonchev–Trinajstić information content (AvgIpc) is 2.64. The third-order valence-electron chi connectivity index (χ3n) is 4.76. The Balaban J connectivity index is 1.66. The van der Waals surface area contributed by atoms with Crippen molar-refractivity contribution in [2.45, 2.75) is 38.0 Å². The minimum atomic E-state index is -0.940. The van der Waals surface area contributed by atoms with Crippen LogP contribution in [0.1, 0.15) is 30.5 Å². The Labute approximate surface area is 162 Å². The molecule has 0 radical (unpaired) electrons. The zero-order valence-electron chi connectivity index (χ0n) is 15.6. The summed E-state index contributed by atoms with van der Waals surface area (Å²) in [6, 6.07) is 10.2. The highest BCUT2D eigenvalue weighted by atomic mass is 19.1. The van der Waals surface area contributed by atoms with Gasteiger partial charge in [-0.3, -0.25) is 4.79 Å². The van der Waals surface area contributed by atoms with Gasteiger partial charge in [0.2, 0.25) is 5.91 Å². The van der Waals surface area contributed by atoms with Gasteiger partial charge in [0.15, 0.2) is 0 Å². The van der Waals surface area contributed by atoms with Crippen molar-refractivity contribution in [2.24, 2.45) is 0 Å². The fourth-order valence-electron chi connectivity index (χ4n) is 3.49. The molecule has 0 spiro atoms. The van der Waals surface area contributed by atoms with Gasteiger partial charge in [-0.25, -0.2) is 8.78 Å². The molecule has 150 valence electrons. The predicted octanol–water partition coefficient (Wildman–Crippen LogP) is 2.49. The molecule has 1 heterocycles. The second-order valence-corrected chi connectivity index (χ2v) is 6.99. The summed E-state index contributed by atoms with van der Waals surface area (Å²) in [5, 5.41) is 16.6. The maximum absolute atomic E-state index is 13.5. The van der Waals surface area contributed by atoms with Crippen LogP contribution in [0.2, 0.25) is 0 Å². The second-order valence-electron chi connectivity index (χ2n) is 6.99. The van der Waals surface area contributed by atoms with E-state index in [1.807, 2.05) is 24.3 Å². The third kappa shape index (κ3) is 5.27. The normalized spacial score (nSPS) is 17.9. The molecule has 1 aliphatic heterocycles. The number of para-hydroxylation sites is 1. The summed E-state index contributed by atoms with van der Waals surface area (Å²) in [6.07, 6.45) is -0.0734. The summed E-state index contributed by atoms with van der Waals surface area (Å²) < 4.78 is 32.6. The number of halogens is 2. The van der Waals surface area contributed by atoms with Crippen LogP contribution in [-0.2, 0) is 11.2 Å². The average molecular weight is 390 g/mol. The lowest BCUT2D eigenvalue weighted by Gasteiger charge is -2.30. The number of carbonyl (C=O) groups excluding carboxylic acids is 1. The fraction of sp³-hybridized carbons (Fsp3) is 0.381. The lowest BCUT2D eigenvalue weighted by atomic mass is 9.98. The topological polar surface area (TPSA) is 70.6 Å². The van der Waals surface area contributed by atoms with Gasteiger partial charge >= 0.3 is 0 Å². The van der Waals surface area contributed by atoms with Gasteiger partial charge in [0.25, 0.3) is 0 Å². The van der Waals surface area contributed by atoms with Crippen LogP contribution in [0.15, 0.2) is 42.5 Å². The van der Waals surface area contributed by atoms with Gasteiger partial charge in [-0.05, 0) is 30.2 Å². The van der Waals surface area contributed by atoms with Gasteiger partial charge < -0.3 is 20.5 Å². The van der Waals surface area contributed by atoms with E-state index in [0.29, 0.717) is 12.2 Å². The largest absolute Gasteiger partial charge is 0.493 e. The van der Waals surface area contributed by atoms with E-state index in [9.17, 15) is 18.7 Å².